The molecule has 1 N–H and O–H groups in total. The molecule has 0 spiro atoms. The average molecular weight is 333 g/mol. The van der Waals surface area contributed by atoms with Crippen LogP contribution in [0.5, 0.6) is 0 Å². The monoisotopic (exact) mass is 332 g/mol. The second kappa shape index (κ2) is 5.89. The van der Waals surface area contributed by atoms with E-state index in [0.717, 1.165) is 41.2 Å². The Balaban J connectivity index is 1.86. The summed E-state index contributed by atoms with van der Waals surface area (Å²) in [7, 11) is 0. The van der Waals surface area contributed by atoms with Crippen LogP contribution in [0, 0.1) is 0 Å². The van der Waals surface area contributed by atoms with Gasteiger partial charge < -0.3 is 10.2 Å². The Kier molecular flexibility index (Phi) is 3.98. The Morgan fingerprint density at radius 1 is 1.25 bits per heavy atom. The Hall–Kier alpha value is -1.46. The van der Waals surface area contributed by atoms with E-state index in [-0.39, 0.29) is 0 Å². The maximum Gasteiger partial charge on any atom is 0.225 e. The smallest absolute Gasteiger partial charge is 0.225 e. The number of benzene rings is 1. The van der Waals surface area contributed by atoms with Crippen molar-refractivity contribution in [3.8, 4) is 11.1 Å². The van der Waals surface area contributed by atoms with Gasteiger partial charge in [0.15, 0.2) is 0 Å². The predicted molar refractivity (Wildman–Crippen MR) is 84.8 cm³/mol. The zero-order valence-corrected chi connectivity index (χ0v) is 13.0. The standard InChI is InChI=1S/C15H17BrN4/c1-11-8-17-6-7-20(11)15-18-9-12(10-19-15)13-4-2-3-5-14(13)16/h2-5,9-11,17H,6-8H2,1H3. The molecule has 104 valence electrons. The van der Waals surface area contributed by atoms with Crippen LogP contribution in [0.4, 0.5) is 5.95 Å². The summed E-state index contributed by atoms with van der Waals surface area (Å²) in [6.45, 7) is 5.11. The van der Waals surface area contributed by atoms with Crippen LogP contribution in [-0.4, -0.2) is 35.6 Å². The molecule has 2 aromatic rings. The summed E-state index contributed by atoms with van der Waals surface area (Å²) in [6, 6.07) is 8.55. The van der Waals surface area contributed by atoms with Crippen molar-refractivity contribution in [2.24, 2.45) is 0 Å². The van der Waals surface area contributed by atoms with E-state index in [2.05, 4.69) is 49.1 Å². The minimum atomic E-state index is 0.429. The van der Waals surface area contributed by atoms with Gasteiger partial charge in [-0.15, -0.1) is 0 Å². The van der Waals surface area contributed by atoms with Gasteiger partial charge in [0.2, 0.25) is 5.95 Å². The molecule has 5 heteroatoms. The van der Waals surface area contributed by atoms with E-state index in [4.69, 9.17) is 0 Å². The lowest BCUT2D eigenvalue weighted by Gasteiger charge is -2.33. The molecule has 1 aromatic heterocycles. The lowest BCUT2D eigenvalue weighted by molar-refractivity contribution is 0.493. The molecule has 4 nitrogen and oxygen atoms in total. The molecule has 0 amide bonds. The summed E-state index contributed by atoms with van der Waals surface area (Å²) < 4.78 is 1.06. The molecule has 0 bridgehead atoms. The zero-order chi connectivity index (χ0) is 13.9. The quantitative estimate of drug-likeness (QED) is 0.918. The number of aromatic nitrogens is 2. The molecule has 2 heterocycles. The minimum Gasteiger partial charge on any atom is -0.336 e. The summed E-state index contributed by atoms with van der Waals surface area (Å²) in [5.74, 6) is 0.815. The molecular weight excluding hydrogens is 316 g/mol. The van der Waals surface area contributed by atoms with Crippen LogP contribution in [0.1, 0.15) is 6.92 Å². The van der Waals surface area contributed by atoms with Crippen LogP contribution < -0.4 is 10.2 Å². The molecule has 1 aliphatic heterocycles. The second-order valence-electron chi connectivity index (χ2n) is 5.00. The number of anilines is 1. The Bertz CT molecular complexity index is 585. The van der Waals surface area contributed by atoms with Gasteiger partial charge in [0.25, 0.3) is 0 Å². The van der Waals surface area contributed by atoms with E-state index < -0.39 is 0 Å². The van der Waals surface area contributed by atoms with Crippen molar-refractivity contribution in [2.75, 3.05) is 24.5 Å². The normalized spacial score (nSPS) is 19.1. The highest BCUT2D eigenvalue weighted by atomic mass is 79.9. The number of halogens is 1. The molecule has 1 aliphatic rings. The summed E-state index contributed by atoms with van der Waals surface area (Å²) in [6.07, 6.45) is 3.80. The van der Waals surface area contributed by atoms with E-state index in [1.54, 1.807) is 0 Å². The molecule has 0 saturated carbocycles. The Morgan fingerprint density at radius 3 is 2.70 bits per heavy atom. The van der Waals surface area contributed by atoms with Crippen LogP contribution in [-0.2, 0) is 0 Å². The van der Waals surface area contributed by atoms with Crippen LogP contribution in [0.25, 0.3) is 11.1 Å². The van der Waals surface area contributed by atoms with Crippen molar-refractivity contribution in [1.29, 1.82) is 0 Å². The van der Waals surface area contributed by atoms with Gasteiger partial charge in [0, 0.05) is 48.1 Å². The third-order valence-corrected chi connectivity index (χ3v) is 4.27. The summed E-state index contributed by atoms with van der Waals surface area (Å²) >= 11 is 3.56. The fourth-order valence-corrected chi connectivity index (χ4v) is 2.96. The SMILES string of the molecule is CC1CNCCN1c1ncc(-c2ccccc2Br)cn1. The van der Waals surface area contributed by atoms with Gasteiger partial charge >= 0.3 is 0 Å². The molecule has 0 radical (unpaired) electrons. The average Bonchev–Trinajstić information content (AvgIpc) is 2.49. The molecule has 20 heavy (non-hydrogen) atoms. The fourth-order valence-electron chi connectivity index (χ4n) is 2.44. The first-order chi connectivity index (χ1) is 9.75. The predicted octanol–water partition coefficient (Wildman–Crippen LogP) is 2.70. The molecule has 1 unspecified atom stereocenters. The van der Waals surface area contributed by atoms with E-state index in [0.29, 0.717) is 6.04 Å². The van der Waals surface area contributed by atoms with Crippen molar-refractivity contribution in [3.05, 3.63) is 41.1 Å². The van der Waals surface area contributed by atoms with Gasteiger partial charge in [-0.25, -0.2) is 9.97 Å². The summed E-state index contributed by atoms with van der Waals surface area (Å²) in [5.41, 5.74) is 2.15. The van der Waals surface area contributed by atoms with E-state index in [1.807, 2.05) is 30.6 Å². The lowest BCUT2D eigenvalue weighted by atomic mass is 10.1. The first kappa shape index (κ1) is 13.5. The zero-order valence-electron chi connectivity index (χ0n) is 11.4. The summed E-state index contributed by atoms with van der Waals surface area (Å²) in [5, 5.41) is 3.38. The van der Waals surface area contributed by atoms with Gasteiger partial charge in [0.05, 0.1) is 0 Å². The number of nitrogens with zero attached hydrogens (tertiary/aromatic N) is 3. The van der Waals surface area contributed by atoms with Crippen molar-refractivity contribution in [2.45, 2.75) is 13.0 Å². The summed E-state index contributed by atoms with van der Waals surface area (Å²) in [4.78, 5) is 11.3. The highest BCUT2D eigenvalue weighted by molar-refractivity contribution is 9.10. The molecule has 0 aliphatic carbocycles. The number of piperazine rings is 1. The fraction of sp³-hybridized carbons (Fsp3) is 0.333. The lowest BCUT2D eigenvalue weighted by Crippen LogP contribution is -2.50. The largest absolute Gasteiger partial charge is 0.336 e. The van der Waals surface area contributed by atoms with Crippen LogP contribution in [0.3, 0.4) is 0 Å². The van der Waals surface area contributed by atoms with Gasteiger partial charge in [0.1, 0.15) is 0 Å². The van der Waals surface area contributed by atoms with Crippen molar-refractivity contribution in [3.63, 3.8) is 0 Å². The maximum atomic E-state index is 4.54. The maximum absolute atomic E-state index is 4.54. The van der Waals surface area contributed by atoms with Gasteiger partial charge in [-0.1, -0.05) is 34.1 Å². The van der Waals surface area contributed by atoms with E-state index in [9.17, 15) is 0 Å². The van der Waals surface area contributed by atoms with Gasteiger partial charge in [-0.3, -0.25) is 0 Å². The molecule has 3 rings (SSSR count). The molecular formula is C15H17BrN4. The number of hydrogen-bond donors (Lipinski definition) is 1. The van der Waals surface area contributed by atoms with Gasteiger partial charge in [-0.2, -0.15) is 0 Å². The molecule has 1 saturated heterocycles. The third-order valence-electron chi connectivity index (χ3n) is 3.58. The van der Waals surface area contributed by atoms with E-state index >= 15 is 0 Å². The molecule has 1 aromatic carbocycles. The topological polar surface area (TPSA) is 41.0 Å². The first-order valence-corrected chi connectivity index (χ1v) is 7.59. The Morgan fingerprint density at radius 2 is 2.00 bits per heavy atom. The Labute approximate surface area is 127 Å². The third kappa shape index (κ3) is 2.69. The van der Waals surface area contributed by atoms with Crippen molar-refractivity contribution in [1.82, 2.24) is 15.3 Å². The highest BCUT2D eigenvalue weighted by Gasteiger charge is 2.20. The number of nitrogens with one attached hydrogen (secondary N) is 1. The number of rotatable bonds is 2. The number of hydrogen-bond acceptors (Lipinski definition) is 4. The van der Waals surface area contributed by atoms with Crippen LogP contribution in [0.2, 0.25) is 0 Å². The molecule has 1 atom stereocenters. The highest BCUT2D eigenvalue weighted by Crippen LogP contribution is 2.27. The van der Waals surface area contributed by atoms with Gasteiger partial charge in [-0.05, 0) is 18.6 Å². The minimum absolute atomic E-state index is 0.429. The van der Waals surface area contributed by atoms with Crippen LogP contribution in [0.15, 0.2) is 41.1 Å². The van der Waals surface area contributed by atoms with E-state index in [1.165, 1.54) is 0 Å². The molecule has 1 fully saturated rings. The van der Waals surface area contributed by atoms with Crippen molar-refractivity contribution >= 4 is 21.9 Å². The van der Waals surface area contributed by atoms with Crippen molar-refractivity contribution < 1.29 is 0 Å². The van der Waals surface area contributed by atoms with Crippen LogP contribution >= 0.6 is 15.9 Å². The first-order valence-electron chi connectivity index (χ1n) is 6.80. The second-order valence-corrected chi connectivity index (χ2v) is 5.85.